The lowest BCUT2D eigenvalue weighted by atomic mass is 10.1. The number of hydrogen-bond donors (Lipinski definition) is 0. The fourth-order valence-electron chi connectivity index (χ4n) is 1.18. The van der Waals surface area contributed by atoms with Gasteiger partial charge in [0.05, 0.1) is 0 Å². The van der Waals surface area contributed by atoms with Gasteiger partial charge in [0.15, 0.2) is 5.78 Å². The van der Waals surface area contributed by atoms with Crippen molar-refractivity contribution in [2.75, 3.05) is 0 Å². The molecule has 1 aromatic rings. The average Bonchev–Trinajstić information content (AvgIpc) is 1.99. The quantitative estimate of drug-likeness (QED) is 0.564. The Hall–Kier alpha value is -0.470. The Morgan fingerprint density at radius 1 is 1.27 bits per heavy atom. The number of halogens is 1. The number of carbonyl (C=O) groups is 1. The predicted octanol–water partition coefficient (Wildman–Crippen LogP) is 4.43. The summed E-state index contributed by atoms with van der Waals surface area (Å²) in [5, 5.41) is 0.620. The lowest BCUT2D eigenvalue weighted by Gasteiger charge is -2.18. The largest absolute Gasteiger partial charge is 0.295 e. The van der Waals surface area contributed by atoms with Crippen LogP contribution in [0.1, 0.15) is 38.1 Å². The van der Waals surface area contributed by atoms with Crippen LogP contribution in [0, 0.1) is 0 Å². The number of rotatable bonds is 2. The summed E-state index contributed by atoms with van der Waals surface area (Å²) in [4.78, 5) is 12.3. The maximum Gasteiger partial charge on any atom is 0.159 e. The van der Waals surface area contributed by atoms with E-state index in [0.717, 1.165) is 4.90 Å². The Labute approximate surface area is 100 Å². The number of hydrogen-bond acceptors (Lipinski definition) is 2. The van der Waals surface area contributed by atoms with Gasteiger partial charge in [0.2, 0.25) is 0 Å². The van der Waals surface area contributed by atoms with Crippen LogP contribution in [0.3, 0.4) is 0 Å². The zero-order valence-electron chi connectivity index (χ0n) is 9.43. The summed E-state index contributed by atoms with van der Waals surface area (Å²) < 4.78 is 0.124. The highest BCUT2D eigenvalue weighted by molar-refractivity contribution is 8.00. The molecule has 82 valence electrons. The van der Waals surface area contributed by atoms with Gasteiger partial charge in [-0.1, -0.05) is 32.4 Å². The van der Waals surface area contributed by atoms with E-state index >= 15 is 0 Å². The molecule has 0 aliphatic carbocycles. The Morgan fingerprint density at radius 2 is 1.87 bits per heavy atom. The fraction of sp³-hybridized carbons (Fsp3) is 0.417. The molecule has 0 aliphatic rings. The van der Waals surface area contributed by atoms with Crippen molar-refractivity contribution in [1.29, 1.82) is 0 Å². The second-order valence-corrected chi connectivity index (χ2v) is 6.78. The summed E-state index contributed by atoms with van der Waals surface area (Å²) in [7, 11) is 0. The normalized spacial score (nSPS) is 11.5. The monoisotopic (exact) mass is 242 g/mol. The van der Waals surface area contributed by atoms with E-state index in [4.69, 9.17) is 11.6 Å². The van der Waals surface area contributed by atoms with E-state index in [1.165, 1.54) is 0 Å². The van der Waals surface area contributed by atoms with Gasteiger partial charge in [-0.3, -0.25) is 4.79 Å². The Morgan fingerprint density at radius 3 is 2.33 bits per heavy atom. The summed E-state index contributed by atoms with van der Waals surface area (Å²) in [6, 6.07) is 5.49. The predicted molar refractivity (Wildman–Crippen MR) is 67.1 cm³/mol. The van der Waals surface area contributed by atoms with Crippen molar-refractivity contribution in [3.05, 3.63) is 28.8 Å². The first-order valence-corrected chi connectivity index (χ1v) is 5.98. The Kier molecular flexibility index (Phi) is 3.85. The fourth-order valence-corrected chi connectivity index (χ4v) is 2.56. The van der Waals surface area contributed by atoms with Gasteiger partial charge < -0.3 is 0 Å². The summed E-state index contributed by atoms with van der Waals surface area (Å²) in [6.45, 7) is 7.95. The van der Waals surface area contributed by atoms with Gasteiger partial charge in [-0.25, -0.2) is 0 Å². The van der Waals surface area contributed by atoms with Crippen molar-refractivity contribution < 1.29 is 4.79 Å². The molecule has 0 unspecified atom stereocenters. The molecular weight excluding hydrogens is 228 g/mol. The maximum atomic E-state index is 11.2. The number of thioether (sulfide) groups is 1. The number of ketones is 1. The van der Waals surface area contributed by atoms with Gasteiger partial charge in [0.25, 0.3) is 0 Å². The van der Waals surface area contributed by atoms with Crippen LogP contribution in [0.4, 0.5) is 0 Å². The van der Waals surface area contributed by atoms with Crippen LogP contribution in [0.5, 0.6) is 0 Å². The van der Waals surface area contributed by atoms with Gasteiger partial charge in [-0.15, -0.1) is 11.8 Å². The van der Waals surface area contributed by atoms with Crippen molar-refractivity contribution in [3.8, 4) is 0 Å². The Balaban J connectivity index is 3.04. The highest BCUT2D eigenvalue weighted by atomic mass is 35.5. The lowest BCUT2D eigenvalue weighted by Crippen LogP contribution is -2.06. The standard InChI is InChI=1S/C12H15ClOS/c1-8(14)9-5-10(13)7-11(6-9)15-12(2,3)4/h5-7H,1-4H3. The Bertz CT molecular complexity index is 380. The highest BCUT2D eigenvalue weighted by Crippen LogP contribution is 2.33. The summed E-state index contributed by atoms with van der Waals surface area (Å²) in [5.41, 5.74) is 0.675. The molecule has 0 fully saturated rings. The van der Waals surface area contributed by atoms with Crippen LogP contribution in [-0.4, -0.2) is 10.5 Å². The molecule has 0 spiro atoms. The van der Waals surface area contributed by atoms with Crippen LogP contribution >= 0.6 is 23.4 Å². The van der Waals surface area contributed by atoms with Crippen LogP contribution in [-0.2, 0) is 0 Å². The van der Waals surface area contributed by atoms with Gasteiger partial charge in [-0.05, 0) is 25.1 Å². The number of Topliss-reactive ketones (excluding diaryl/α,β-unsaturated/α-hetero) is 1. The van der Waals surface area contributed by atoms with Crippen LogP contribution in [0.15, 0.2) is 23.1 Å². The molecule has 0 aromatic heterocycles. The minimum absolute atomic E-state index is 0.0493. The molecule has 0 amide bonds. The molecule has 1 nitrogen and oxygen atoms in total. The van der Waals surface area contributed by atoms with E-state index < -0.39 is 0 Å². The molecule has 1 rings (SSSR count). The van der Waals surface area contributed by atoms with E-state index in [0.29, 0.717) is 10.6 Å². The van der Waals surface area contributed by atoms with Gasteiger partial charge in [-0.2, -0.15) is 0 Å². The van der Waals surface area contributed by atoms with Crippen molar-refractivity contribution in [2.24, 2.45) is 0 Å². The van der Waals surface area contributed by atoms with Crippen molar-refractivity contribution in [2.45, 2.75) is 37.3 Å². The summed E-state index contributed by atoms with van der Waals surface area (Å²) >= 11 is 7.67. The molecule has 3 heteroatoms. The molecule has 0 saturated carbocycles. The molecule has 0 aliphatic heterocycles. The van der Waals surface area contributed by atoms with Gasteiger partial charge >= 0.3 is 0 Å². The molecule has 0 heterocycles. The average molecular weight is 243 g/mol. The van der Waals surface area contributed by atoms with E-state index in [9.17, 15) is 4.79 Å². The second kappa shape index (κ2) is 4.58. The smallest absolute Gasteiger partial charge is 0.159 e. The summed E-state index contributed by atoms with van der Waals surface area (Å²) in [6.07, 6.45) is 0. The van der Waals surface area contributed by atoms with Crippen LogP contribution in [0.2, 0.25) is 5.02 Å². The van der Waals surface area contributed by atoms with Gasteiger partial charge in [0, 0.05) is 20.2 Å². The highest BCUT2D eigenvalue weighted by Gasteiger charge is 2.13. The molecule has 0 N–H and O–H groups in total. The van der Waals surface area contributed by atoms with Crippen molar-refractivity contribution >= 4 is 29.1 Å². The first kappa shape index (κ1) is 12.6. The lowest BCUT2D eigenvalue weighted by molar-refractivity contribution is 0.101. The number of carbonyl (C=O) groups excluding carboxylic acids is 1. The second-order valence-electron chi connectivity index (χ2n) is 4.45. The zero-order chi connectivity index (χ0) is 11.6. The zero-order valence-corrected chi connectivity index (χ0v) is 11.0. The molecule has 15 heavy (non-hydrogen) atoms. The topological polar surface area (TPSA) is 17.1 Å². The molecule has 0 atom stereocenters. The van der Waals surface area contributed by atoms with Crippen LogP contribution in [0.25, 0.3) is 0 Å². The summed E-state index contributed by atoms with van der Waals surface area (Å²) in [5.74, 6) is 0.0493. The first-order chi connectivity index (χ1) is 6.78. The van der Waals surface area contributed by atoms with Crippen molar-refractivity contribution in [1.82, 2.24) is 0 Å². The third-order valence-corrected chi connectivity index (χ3v) is 3.00. The minimum atomic E-state index is 0.0493. The van der Waals surface area contributed by atoms with E-state index in [1.807, 2.05) is 12.1 Å². The van der Waals surface area contributed by atoms with E-state index in [1.54, 1.807) is 24.8 Å². The SMILES string of the molecule is CC(=O)c1cc(Cl)cc(SC(C)(C)C)c1. The first-order valence-electron chi connectivity index (χ1n) is 4.78. The molecule has 0 radical (unpaired) electrons. The van der Waals surface area contributed by atoms with Gasteiger partial charge in [0.1, 0.15) is 0 Å². The van der Waals surface area contributed by atoms with Crippen LogP contribution < -0.4 is 0 Å². The molecule has 0 bridgehead atoms. The maximum absolute atomic E-state index is 11.2. The van der Waals surface area contributed by atoms with Crippen molar-refractivity contribution in [3.63, 3.8) is 0 Å². The molecular formula is C12H15ClOS. The minimum Gasteiger partial charge on any atom is -0.295 e. The third-order valence-electron chi connectivity index (χ3n) is 1.70. The van der Waals surface area contributed by atoms with E-state index in [-0.39, 0.29) is 10.5 Å². The number of benzene rings is 1. The molecule has 1 aromatic carbocycles. The third kappa shape index (κ3) is 4.27. The molecule has 0 saturated heterocycles. The van der Waals surface area contributed by atoms with E-state index in [2.05, 4.69) is 20.8 Å².